The Kier molecular flexibility index (Phi) is 5.79. The molecule has 170 valence electrons. The number of para-hydroxylation sites is 1. The fourth-order valence-corrected chi connectivity index (χ4v) is 4.93. The first-order valence-corrected chi connectivity index (χ1v) is 11.1. The summed E-state index contributed by atoms with van der Waals surface area (Å²) in [7, 11) is 0. The van der Waals surface area contributed by atoms with Crippen molar-refractivity contribution in [1.82, 2.24) is 20.4 Å². The number of likely N-dealkylation sites (tertiary alicyclic amines) is 1. The van der Waals surface area contributed by atoms with Gasteiger partial charge in [0.15, 0.2) is 5.78 Å². The minimum atomic E-state index is -0.704. The van der Waals surface area contributed by atoms with Gasteiger partial charge in [0.25, 0.3) is 0 Å². The molecule has 0 aliphatic carbocycles. The molecule has 1 fully saturated rings. The van der Waals surface area contributed by atoms with Crippen molar-refractivity contribution < 1.29 is 19.1 Å². The van der Waals surface area contributed by atoms with E-state index in [2.05, 4.69) is 15.5 Å². The molecule has 1 aromatic heterocycles. The van der Waals surface area contributed by atoms with Crippen LogP contribution < -0.4 is 10.1 Å². The number of Topliss-reactive ketones (excluding diaryl/α,β-unsaturated/α-hetero) is 1. The summed E-state index contributed by atoms with van der Waals surface area (Å²) < 4.78 is 6.28. The summed E-state index contributed by atoms with van der Waals surface area (Å²) in [5.41, 5.74) is 2.60. The van der Waals surface area contributed by atoms with Crippen molar-refractivity contribution >= 4 is 17.6 Å². The van der Waals surface area contributed by atoms with Crippen molar-refractivity contribution in [3.63, 3.8) is 0 Å². The van der Waals surface area contributed by atoms with Gasteiger partial charge in [0.1, 0.15) is 17.4 Å². The summed E-state index contributed by atoms with van der Waals surface area (Å²) in [6, 6.07) is 6.39. The van der Waals surface area contributed by atoms with Gasteiger partial charge >= 0.3 is 0 Å². The van der Waals surface area contributed by atoms with Crippen LogP contribution in [0.2, 0.25) is 0 Å². The van der Waals surface area contributed by atoms with Crippen molar-refractivity contribution in [2.45, 2.75) is 71.1 Å². The fraction of sp³-hybridized carbons (Fsp3) is 0.500. The summed E-state index contributed by atoms with van der Waals surface area (Å²) in [5.74, 6) is 0.309. The smallest absolute Gasteiger partial charge is 0.242 e. The highest BCUT2D eigenvalue weighted by atomic mass is 16.5. The summed E-state index contributed by atoms with van der Waals surface area (Å²) in [5, 5.41) is 10.1. The Labute approximate surface area is 187 Å². The lowest BCUT2D eigenvalue weighted by atomic mass is 9.84. The largest absolute Gasteiger partial charge is 0.486 e. The van der Waals surface area contributed by atoms with Crippen LogP contribution >= 0.6 is 0 Å². The van der Waals surface area contributed by atoms with Gasteiger partial charge in [0.2, 0.25) is 11.8 Å². The third-order valence-electron chi connectivity index (χ3n) is 6.74. The van der Waals surface area contributed by atoms with Gasteiger partial charge in [-0.1, -0.05) is 12.1 Å². The molecule has 0 saturated carbocycles. The number of hydrogen-bond donors (Lipinski definition) is 2. The van der Waals surface area contributed by atoms with E-state index in [0.29, 0.717) is 30.7 Å². The zero-order valence-corrected chi connectivity index (χ0v) is 19.0. The molecular weight excluding hydrogens is 408 g/mol. The maximum absolute atomic E-state index is 13.0. The highest BCUT2D eigenvalue weighted by Gasteiger charge is 2.44. The molecule has 32 heavy (non-hydrogen) atoms. The summed E-state index contributed by atoms with van der Waals surface area (Å²) in [4.78, 5) is 40.2. The third kappa shape index (κ3) is 4.01. The number of nitrogens with one attached hydrogen (secondary N) is 2. The standard InChI is InChI=1S/C24H30N4O4/c1-14(22-15(2)26-27-16(22)3)25-23(31)17(4)28-12-11-24(10-9-21(28)30)13-19(29)18-7-5-6-8-20(18)32-24/h5-8,14,17H,9-13H2,1-4H3,(H,25,31)(H,26,27)/t14-,17-,24-/m0/s1. The molecule has 0 radical (unpaired) electrons. The van der Waals surface area contributed by atoms with Gasteiger partial charge in [0.05, 0.1) is 23.7 Å². The molecule has 1 spiro atoms. The molecule has 2 amide bonds. The number of carbonyl (C=O) groups excluding carboxylic acids is 3. The Morgan fingerprint density at radius 3 is 2.69 bits per heavy atom. The molecule has 1 saturated heterocycles. The lowest BCUT2D eigenvalue weighted by Crippen LogP contribution is -2.49. The van der Waals surface area contributed by atoms with E-state index < -0.39 is 11.6 Å². The van der Waals surface area contributed by atoms with Gasteiger partial charge in [0, 0.05) is 30.6 Å². The predicted octanol–water partition coefficient (Wildman–Crippen LogP) is 3.01. The molecule has 8 heteroatoms. The monoisotopic (exact) mass is 438 g/mol. The SMILES string of the molecule is Cc1n[nH]c(C)c1[C@H](C)NC(=O)[C@H](C)N1CC[C@@]2(CCC1=O)CC(=O)c1ccccc1O2. The summed E-state index contributed by atoms with van der Waals surface area (Å²) >= 11 is 0. The topological polar surface area (TPSA) is 104 Å². The van der Waals surface area contributed by atoms with Crippen LogP contribution in [0.4, 0.5) is 0 Å². The van der Waals surface area contributed by atoms with Crippen LogP contribution in [0, 0.1) is 13.8 Å². The maximum atomic E-state index is 13.0. The second-order valence-corrected chi connectivity index (χ2v) is 8.97. The number of aromatic amines is 1. The molecule has 0 bridgehead atoms. The van der Waals surface area contributed by atoms with Gasteiger partial charge in [-0.2, -0.15) is 5.10 Å². The number of ether oxygens (including phenoxy) is 1. The lowest BCUT2D eigenvalue weighted by Gasteiger charge is -2.37. The van der Waals surface area contributed by atoms with Gasteiger partial charge in [-0.15, -0.1) is 0 Å². The van der Waals surface area contributed by atoms with E-state index in [9.17, 15) is 14.4 Å². The van der Waals surface area contributed by atoms with Gasteiger partial charge in [-0.25, -0.2) is 0 Å². The average Bonchev–Trinajstić information content (AvgIpc) is 3.01. The zero-order chi connectivity index (χ0) is 23.0. The summed E-state index contributed by atoms with van der Waals surface area (Å²) in [6.07, 6.45) is 1.46. The van der Waals surface area contributed by atoms with Crippen LogP contribution in [0.1, 0.15) is 72.9 Å². The molecule has 2 aliphatic rings. The molecule has 8 nitrogen and oxygen atoms in total. The number of aromatic nitrogens is 2. The molecule has 2 aromatic rings. The minimum absolute atomic E-state index is 0.0400. The molecule has 3 heterocycles. The number of rotatable bonds is 4. The number of ketones is 1. The lowest BCUT2D eigenvalue weighted by molar-refractivity contribution is -0.139. The number of hydrogen-bond acceptors (Lipinski definition) is 5. The number of carbonyl (C=O) groups is 3. The first kappa shape index (κ1) is 22.0. The Morgan fingerprint density at radius 2 is 1.97 bits per heavy atom. The molecule has 1 aromatic carbocycles. The van der Waals surface area contributed by atoms with E-state index in [1.54, 1.807) is 24.0 Å². The zero-order valence-electron chi connectivity index (χ0n) is 19.0. The highest BCUT2D eigenvalue weighted by Crippen LogP contribution is 2.39. The third-order valence-corrected chi connectivity index (χ3v) is 6.74. The van der Waals surface area contributed by atoms with E-state index in [1.807, 2.05) is 32.9 Å². The van der Waals surface area contributed by atoms with Crippen molar-refractivity contribution in [2.75, 3.05) is 6.54 Å². The number of H-pyrrole nitrogens is 1. The van der Waals surface area contributed by atoms with Crippen molar-refractivity contribution in [2.24, 2.45) is 0 Å². The number of nitrogens with zero attached hydrogens (tertiary/aromatic N) is 2. The van der Waals surface area contributed by atoms with Crippen LogP contribution in [-0.4, -0.2) is 50.9 Å². The number of fused-ring (bicyclic) bond motifs is 1. The minimum Gasteiger partial charge on any atom is -0.486 e. The Morgan fingerprint density at radius 1 is 1.22 bits per heavy atom. The predicted molar refractivity (Wildman–Crippen MR) is 118 cm³/mol. The molecule has 3 atom stereocenters. The van der Waals surface area contributed by atoms with Crippen LogP contribution in [0.25, 0.3) is 0 Å². The average molecular weight is 439 g/mol. The summed E-state index contributed by atoms with van der Waals surface area (Å²) in [6.45, 7) is 7.83. The number of aryl methyl sites for hydroxylation is 2. The second-order valence-electron chi connectivity index (χ2n) is 8.97. The van der Waals surface area contributed by atoms with Crippen molar-refractivity contribution in [1.29, 1.82) is 0 Å². The molecule has 2 aliphatic heterocycles. The molecule has 0 unspecified atom stereocenters. The van der Waals surface area contributed by atoms with E-state index >= 15 is 0 Å². The Hall–Kier alpha value is -3.16. The Bertz CT molecular complexity index is 1040. The van der Waals surface area contributed by atoms with Crippen LogP contribution in [-0.2, 0) is 9.59 Å². The van der Waals surface area contributed by atoms with E-state index in [0.717, 1.165) is 17.0 Å². The first-order valence-electron chi connectivity index (χ1n) is 11.1. The fourth-order valence-electron chi connectivity index (χ4n) is 4.93. The van der Waals surface area contributed by atoms with Crippen molar-refractivity contribution in [3.05, 3.63) is 46.8 Å². The van der Waals surface area contributed by atoms with E-state index in [4.69, 9.17) is 4.74 Å². The quantitative estimate of drug-likeness (QED) is 0.764. The maximum Gasteiger partial charge on any atom is 0.242 e. The number of amides is 2. The second kappa shape index (κ2) is 8.41. The molecular formula is C24H30N4O4. The molecule has 4 rings (SSSR count). The highest BCUT2D eigenvalue weighted by molar-refractivity contribution is 6.00. The number of benzene rings is 1. The van der Waals surface area contributed by atoms with E-state index in [-0.39, 0.29) is 36.5 Å². The van der Waals surface area contributed by atoms with Crippen LogP contribution in [0.15, 0.2) is 24.3 Å². The van der Waals surface area contributed by atoms with Crippen LogP contribution in [0.5, 0.6) is 5.75 Å². The van der Waals surface area contributed by atoms with E-state index in [1.165, 1.54) is 0 Å². The molecule has 2 N–H and O–H groups in total. The van der Waals surface area contributed by atoms with Crippen molar-refractivity contribution in [3.8, 4) is 5.75 Å². The van der Waals surface area contributed by atoms with Crippen LogP contribution in [0.3, 0.4) is 0 Å². The Balaban J connectivity index is 1.45. The van der Waals surface area contributed by atoms with Gasteiger partial charge in [-0.05, 0) is 46.2 Å². The van der Waals surface area contributed by atoms with Gasteiger partial charge in [-0.3, -0.25) is 19.5 Å². The first-order chi connectivity index (χ1) is 15.2. The van der Waals surface area contributed by atoms with Gasteiger partial charge < -0.3 is 15.0 Å². The normalized spacial score (nSPS) is 22.7.